The van der Waals surface area contributed by atoms with Gasteiger partial charge in [-0.1, -0.05) is 19.8 Å². The van der Waals surface area contributed by atoms with Crippen LogP contribution in [0.4, 0.5) is 4.79 Å². The number of guanidine groups is 1. The Morgan fingerprint density at radius 3 is 2.31 bits per heavy atom. The lowest BCUT2D eigenvalue weighted by atomic mass is 9.86. The first-order valence-electron chi connectivity index (χ1n) is 10.3. The Bertz CT molecular complexity index is 535. The van der Waals surface area contributed by atoms with Crippen molar-refractivity contribution in [2.75, 3.05) is 33.7 Å². The number of aliphatic imine (C=N–C) groups is 1. The van der Waals surface area contributed by atoms with Gasteiger partial charge >= 0.3 is 6.09 Å². The third-order valence-electron chi connectivity index (χ3n) is 4.62. The quantitative estimate of drug-likeness (QED) is 0.206. The van der Waals surface area contributed by atoms with E-state index in [4.69, 9.17) is 4.74 Å². The second-order valence-electron chi connectivity index (χ2n) is 8.67. The molecule has 0 radical (unpaired) electrons. The van der Waals surface area contributed by atoms with Crippen LogP contribution in [0.15, 0.2) is 4.99 Å². The summed E-state index contributed by atoms with van der Waals surface area (Å²) in [6, 6.07) is 0.370. The number of ether oxygens (including phenoxy) is 1. The molecule has 170 valence electrons. The summed E-state index contributed by atoms with van der Waals surface area (Å²) < 4.78 is 5.22. The zero-order chi connectivity index (χ0) is 21.2. The van der Waals surface area contributed by atoms with Crippen LogP contribution in [0, 0.1) is 5.92 Å². The maximum absolute atomic E-state index is 11.9. The smallest absolute Gasteiger partial charge is 0.407 e. The van der Waals surface area contributed by atoms with E-state index in [1.807, 2.05) is 20.8 Å². The van der Waals surface area contributed by atoms with Crippen LogP contribution >= 0.6 is 24.0 Å². The van der Waals surface area contributed by atoms with Crippen molar-refractivity contribution in [3.8, 4) is 0 Å². The first-order chi connectivity index (χ1) is 13.1. The van der Waals surface area contributed by atoms with Crippen LogP contribution in [0.25, 0.3) is 0 Å². The Morgan fingerprint density at radius 1 is 1.10 bits per heavy atom. The second-order valence-corrected chi connectivity index (χ2v) is 8.67. The molecule has 1 saturated carbocycles. The number of likely N-dealkylation sites (N-methyl/N-ethyl adjacent to an activating group) is 1. The fourth-order valence-corrected chi connectivity index (χ4v) is 2.95. The van der Waals surface area contributed by atoms with Gasteiger partial charge in [0.25, 0.3) is 0 Å². The molecule has 29 heavy (non-hydrogen) atoms. The molecule has 0 aromatic carbocycles. The van der Waals surface area contributed by atoms with Crippen molar-refractivity contribution in [3.63, 3.8) is 0 Å². The van der Waals surface area contributed by atoms with E-state index in [1.165, 1.54) is 24.2 Å². The lowest BCUT2D eigenvalue weighted by Crippen LogP contribution is -2.48. The maximum Gasteiger partial charge on any atom is 0.407 e. The fraction of sp³-hybridized carbons (Fsp3) is 0.850. The zero-order valence-corrected chi connectivity index (χ0v) is 21.2. The molecule has 0 heterocycles. The van der Waals surface area contributed by atoms with Gasteiger partial charge < -0.3 is 25.6 Å². The van der Waals surface area contributed by atoms with E-state index >= 15 is 0 Å². The highest BCUT2D eigenvalue weighted by atomic mass is 127. The predicted octanol–water partition coefficient (Wildman–Crippen LogP) is 2.72. The molecular weight excluding hydrogens is 485 g/mol. The minimum absolute atomic E-state index is 0. The van der Waals surface area contributed by atoms with Gasteiger partial charge in [0.15, 0.2) is 5.96 Å². The Labute approximate surface area is 193 Å². The summed E-state index contributed by atoms with van der Waals surface area (Å²) in [5.74, 6) is 1.20. The highest BCUT2D eigenvalue weighted by Crippen LogP contribution is 2.23. The fourth-order valence-electron chi connectivity index (χ4n) is 2.95. The molecule has 1 fully saturated rings. The monoisotopic (exact) mass is 525 g/mol. The van der Waals surface area contributed by atoms with Crippen molar-refractivity contribution < 1.29 is 14.3 Å². The van der Waals surface area contributed by atoms with Crippen LogP contribution in [0.2, 0.25) is 0 Å². The highest BCUT2D eigenvalue weighted by molar-refractivity contribution is 14.0. The molecule has 2 atom stereocenters. The number of carbonyl (C=O) groups excluding carboxylic acids is 2. The molecule has 0 saturated heterocycles. The molecule has 0 spiro atoms. The largest absolute Gasteiger partial charge is 0.444 e. The van der Waals surface area contributed by atoms with Crippen LogP contribution in [0.1, 0.15) is 59.8 Å². The van der Waals surface area contributed by atoms with Crippen LogP contribution < -0.4 is 16.0 Å². The minimum Gasteiger partial charge on any atom is -0.444 e. The third kappa shape index (κ3) is 12.8. The van der Waals surface area contributed by atoms with E-state index in [0.717, 1.165) is 12.8 Å². The van der Waals surface area contributed by atoms with Crippen molar-refractivity contribution in [3.05, 3.63) is 0 Å². The van der Waals surface area contributed by atoms with E-state index < -0.39 is 11.7 Å². The summed E-state index contributed by atoms with van der Waals surface area (Å²) in [6.07, 6.45) is 5.12. The van der Waals surface area contributed by atoms with Gasteiger partial charge in [-0.05, 0) is 46.0 Å². The molecule has 9 heteroatoms. The molecule has 0 bridgehead atoms. The van der Waals surface area contributed by atoms with Crippen molar-refractivity contribution in [1.29, 1.82) is 0 Å². The van der Waals surface area contributed by atoms with Gasteiger partial charge in [0.1, 0.15) is 12.1 Å². The van der Waals surface area contributed by atoms with Gasteiger partial charge in [0.05, 0.1) is 0 Å². The highest BCUT2D eigenvalue weighted by Gasteiger charge is 2.22. The number of alkyl carbamates (subject to hydrolysis) is 1. The molecule has 3 N–H and O–H groups in total. The van der Waals surface area contributed by atoms with E-state index in [2.05, 4.69) is 27.9 Å². The van der Waals surface area contributed by atoms with Gasteiger partial charge in [-0.3, -0.25) is 4.79 Å². The second kappa shape index (κ2) is 13.9. The van der Waals surface area contributed by atoms with Crippen molar-refractivity contribution in [2.45, 2.75) is 71.4 Å². The SMILES string of the molecule is CC1CCCCC1NC(=NCC(=O)N(C)C)NCCCNC(=O)OC(C)(C)C.I. The Balaban J connectivity index is 0.00000784. The lowest BCUT2D eigenvalue weighted by molar-refractivity contribution is -0.127. The van der Waals surface area contributed by atoms with Crippen molar-refractivity contribution in [1.82, 2.24) is 20.9 Å². The first-order valence-corrected chi connectivity index (χ1v) is 10.3. The molecule has 1 aliphatic rings. The molecule has 2 unspecified atom stereocenters. The molecular formula is C20H40IN5O3. The van der Waals surface area contributed by atoms with Gasteiger partial charge in [-0.15, -0.1) is 24.0 Å². The number of nitrogens with one attached hydrogen (secondary N) is 3. The number of hydrogen-bond donors (Lipinski definition) is 3. The average molecular weight is 525 g/mol. The standard InChI is InChI=1S/C20H39N5O3.HI/c1-15-10-7-8-11-16(15)24-18(23-14-17(26)25(5)6)21-12-9-13-22-19(27)28-20(2,3)4;/h15-16H,7-14H2,1-6H3,(H,22,27)(H2,21,23,24);1H. The number of halogens is 1. The summed E-state index contributed by atoms with van der Waals surface area (Å²) >= 11 is 0. The molecule has 1 aliphatic carbocycles. The van der Waals surface area contributed by atoms with E-state index in [1.54, 1.807) is 14.1 Å². The summed E-state index contributed by atoms with van der Waals surface area (Å²) in [5.41, 5.74) is -0.498. The van der Waals surface area contributed by atoms with Crippen molar-refractivity contribution >= 4 is 41.9 Å². The minimum atomic E-state index is -0.498. The maximum atomic E-state index is 11.9. The Kier molecular flexibility index (Phi) is 13.3. The third-order valence-corrected chi connectivity index (χ3v) is 4.62. The first kappa shape index (κ1) is 27.7. The lowest BCUT2D eigenvalue weighted by Gasteiger charge is -2.31. The van der Waals surface area contributed by atoms with Crippen LogP contribution in [0.3, 0.4) is 0 Å². The molecule has 1 rings (SSSR count). The molecule has 2 amide bonds. The van der Waals surface area contributed by atoms with Gasteiger partial charge in [-0.25, -0.2) is 9.79 Å². The molecule has 0 aromatic rings. The summed E-state index contributed by atoms with van der Waals surface area (Å²) in [7, 11) is 3.45. The van der Waals surface area contributed by atoms with E-state index in [0.29, 0.717) is 31.0 Å². The number of hydrogen-bond acceptors (Lipinski definition) is 4. The normalized spacial score (nSPS) is 19.6. The van der Waals surface area contributed by atoms with Gasteiger partial charge in [-0.2, -0.15) is 0 Å². The van der Waals surface area contributed by atoms with Crippen LogP contribution in [-0.4, -0.2) is 68.2 Å². The predicted molar refractivity (Wildman–Crippen MR) is 128 cm³/mol. The molecule has 8 nitrogen and oxygen atoms in total. The average Bonchev–Trinajstić information content (AvgIpc) is 2.58. The van der Waals surface area contributed by atoms with Gasteiger partial charge in [0, 0.05) is 33.2 Å². The van der Waals surface area contributed by atoms with Crippen LogP contribution in [-0.2, 0) is 9.53 Å². The summed E-state index contributed by atoms with van der Waals surface area (Å²) in [6.45, 7) is 9.02. The summed E-state index contributed by atoms with van der Waals surface area (Å²) in [5, 5.41) is 9.51. The number of carbonyl (C=O) groups is 2. The Morgan fingerprint density at radius 2 is 1.72 bits per heavy atom. The summed E-state index contributed by atoms with van der Waals surface area (Å²) in [4.78, 5) is 29.5. The Hall–Kier alpha value is -1.26. The van der Waals surface area contributed by atoms with E-state index in [-0.39, 0.29) is 36.4 Å². The van der Waals surface area contributed by atoms with Gasteiger partial charge in [0.2, 0.25) is 5.91 Å². The zero-order valence-electron chi connectivity index (χ0n) is 18.8. The van der Waals surface area contributed by atoms with E-state index in [9.17, 15) is 9.59 Å². The molecule has 0 aromatic heterocycles. The topological polar surface area (TPSA) is 95.1 Å². The molecule has 0 aliphatic heterocycles. The van der Waals surface area contributed by atoms with Crippen molar-refractivity contribution in [2.24, 2.45) is 10.9 Å². The number of nitrogens with zero attached hydrogens (tertiary/aromatic N) is 2. The van der Waals surface area contributed by atoms with Crippen LogP contribution in [0.5, 0.6) is 0 Å². The number of rotatable bonds is 7. The number of amides is 2.